The van der Waals surface area contributed by atoms with Crippen molar-refractivity contribution < 1.29 is 14.5 Å². The molecule has 6 nitrogen and oxygen atoms in total. The van der Waals surface area contributed by atoms with Crippen LogP contribution < -0.4 is 10.1 Å². The number of hydrogen-bond donors (Lipinski definition) is 1. The van der Waals surface area contributed by atoms with Gasteiger partial charge in [-0.1, -0.05) is 15.9 Å². The van der Waals surface area contributed by atoms with Gasteiger partial charge in [-0.2, -0.15) is 0 Å². The van der Waals surface area contributed by atoms with Crippen LogP contribution in [0, 0.1) is 10.1 Å². The third-order valence-electron chi connectivity index (χ3n) is 2.45. The van der Waals surface area contributed by atoms with E-state index in [1.807, 2.05) is 0 Å². The molecule has 0 saturated heterocycles. The van der Waals surface area contributed by atoms with Crippen LogP contribution in [-0.4, -0.2) is 23.3 Å². The molecule has 0 aliphatic heterocycles. The van der Waals surface area contributed by atoms with Gasteiger partial charge in [0.05, 0.1) is 12.0 Å². The largest absolute Gasteiger partial charge is 0.490 e. The molecule has 0 saturated carbocycles. The van der Waals surface area contributed by atoms with E-state index in [1.165, 1.54) is 19.2 Å². The number of nitro benzene ring substituents is 1. The van der Waals surface area contributed by atoms with Crippen LogP contribution in [0.15, 0.2) is 18.2 Å². The Morgan fingerprint density at radius 1 is 1.47 bits per heavy atom. The lowest BCUT2D eigenvalue weighted by Gasteiger charge is -2.07. The minimum atomic E-state index is -0.542. The molecule has 7 heteroatoms. The van der Waals surface area contributed by atoms with Crippen LogP contribution in [0.2, 0.25) is 0 Å². The minimum absolute atomic E-state index is 0.152. The summed E-state index contributed by atoms with van der Waals surface area (Å²) in [4.78, 5) is 21.9. The number of nitrogens with one attached hydrogen (secondary N) is 1. The maximum Gasteiger partial charge on any atom is 0.312 e. The third-order valence-corrected chi connectivity index (χ3v) is 3.01. The molecule has 1 amide bonds. The Labute approximate surface area is 119 Å². The SMILES string of the molecule is COc1ccc(NC(=O)CCCCBr)cc1[N+](=O)[O-]. The fraction of sp³-hybridized carbons (Fsp3) is 0.417. The smallest absolute Gasteiger partial charge is 0.312 e. The number of alkyl halides is 1. The van der Waals surface area contributed by atoms with Gasteiger partial charge in [0.2, 0.25) is 5.91 Å². The molecule has 1 aromatic carbocycles. The monoisotopic (exact) mass is 330 g/mol. The first-order chi connectivity index (χ1) is 9.08. The number of amides is 1. The van der Waals surface area contributed by atoms with Crippen LogP contribution in [0.1, 0.15) is 19.3 Å². The van der Waals surface area contributed by atoms with E-state index in [0.717, 1.165) is 18.2 Å². The van der Waals surface area contributed by atoms with E-state index >= 15 is 0 Å². The molecule has 0 spiro atoms. The first-order valence-corrected chi connectivity index (χ1v) is 6.89. The highest BCUT2D eigenvalue weighted by atomic mass is 79.9. The van der Waals surface area contributed by atoms with E-state index in [1.54, 1.807) is 6.07 Å². The summed E-state index contributed by atoms with van der Waals surface area (Å²) in [5.74, 6) is 0.0164. The second-order valence-corrected chi connectivity index (χ2v) is 4.63. The highest BCUT2D eigenvalue weighted by Gasteiger charge is 2.15. The molecule has 104 valence electrons. The first-order valence-electron chi connectivity index (χ1n) is 5.76. The fourth-order valence-electron chi connectivity index (χ4n) is 1.51. The Morgan fingerprint density at radius 2 is 2.21 bits per heavy atom. The zero-order valence-electron chi connectivity index (χ0n) is 10.5. The molecule has 0 aliphatic rings. The number of carbonyl (C=O) groups excluding carboxylic acids is 1. The van der Waals surface area contributed by atoms with Gasteiger partial charge in [0.25, 0.3) is 0 Å². The molecule has 0 unspecified atom stereocenters. The predicted octanol–water partition coefficient (Wildman–Crippen LogP) is 3.11. The summed E-state index contributed by atoms with van der Waals surface area (Å²) in [5.41, 5.74) is 0.233. The molecule has 19 heavy (non-hydrogen) atoms. The van der Waals surface area contributed by atoms with Gasteiger partial charge >= 0.3 is 5.69 Å². The summed E-state index contributed by atoms with van der Waals surface area (Å²) < 4.78 is 4.89. The van der Waals surface area contributed by atoms with Crippen molar-refractivity contribution in [2.45, 2.75) is 19.3 Å². The molecule has 1 N–H and O–H groups in total. The summed E-state index contributed by atoms with van der Waals surface area (Å²) in [6, 6.07) is 4.33. The van der Waals surface area contributed by atoms with Crippen molar-refractivity contribution in [2.24, 2.45) is 0 Å². The molecule has 0 fully saturated rings. The molecule has 0 atom stereocenters. The molecule has 0 heterocycles. The van der Waals surface area contributed by atoms with E-state index in [9.17, 15) is 14.9 Å². The molecule has 0 aliphatic carbocycles. The molecule has 0 bridgehead atoms. The maximum atomic E-state index is 11.6. The van der Waals surface area contributed by atoms with Gasteiger partial charge in [-0.15, -0.1) is 0 Å². The predicted molar refractivity (Wildman–Crippen MR) is 75.9 cm³/mol. The second-order valence-electron chi connectivity index (χ2n) is 3.84. The lowest BCUT2D eigenvalue weighted by molar-refractivity contribution is -0.385. The van der Waals surface area contributed by atoms with Gasteiger partial charge in [0, 0.05) is 23.5 Å². The maximum absolute atomic E-state index is 11.6. The number of carbonyl (C=O) groups is 1. The van der Waals surface area contributed by atoms with Gasteiger partial charge in [0.15, 0.2) is 5.75 Å². The van der Waals surface area contributed by atoms with E-state index in [4.69, 9.17) is 4.74 Å². The van der Waals surface area contributed by atoms with Crippen molar-refractivity contribution in [2.75, 3.05) is 17.8 Å². The fourth-order valence-corrected chi connectivity index (χ4v) is 1.91. The number of rotatable bonds is 7. The normalized spacial score (nSPS) is 10.0. The van der Waals surface area contributed by atoms with Gasteiger partial charge in [-0.05, 0) is 25.0 Å². The lowest BCUT2D eigenvalue weighted by Crippen LogP contribution is -2.11. The van der Waals surface area contributed by atoms with Gasteiger partial charge < -0.3 is 10.1 Å². The number of nitro groups is 1. The average Bonchev–Trinajstić information content (AvgIpc) is 2.39. The van der Waals surface area contributed by atoms with Crippen LogP contribution in [0.25, 0.3) is 0 Å². The Hall–Kier alpha value is -1.63. The van der Waals surface area contributed by atoms with Crippen molar-refractivity contribution in [3.63, 3.8) is 0 Å². The molecule has 1 rings (SSSR count). The van der Waals surface area contributed by atoms with E-state index < -0.39 is 4.92 Å². The van der Waals surface area contributed by atoms with Crippen molar-refractivity contribution in [1.29, 1.82) is 0 Å². The van der Waals surface area contributed by atoms with Gasteiger partial charge in [-0.25, -0.2) is 0 Å². The zero-order chi connectivity index (χ0) is 14.3. The third kappa shape index (κ3) is 4.86. The van der Waals surface area contributed by atoms with Crippen LogP contribution in [0.4, 0.5) is 11.4 Å². The molecule has 1 aromatic rings. The number of hydrogen-bond acceptors (Lipinski definition) is 4. The van der Waals surface area contributed by atoms with Crippen LogP contribution >= 0.6 is 15.9 Å². The Balaban J connectivity index is 2.71. The molecule has 0 aromatic heterocycles. The zero-order valence-corrected chi connectivity index (χ0v) is 12.1. The van der Waals surface area contributed by atoms with Crippen molar-refractivity contribution in [3.05, 3.63) is 28.3 Å². The van der Waals surface area contributed by atoms with Crippen molar-refractivity contribution in [1.82, 2.24) is 0 Å². The summed E-state index contributed by atoms with van der Waals surface area (Å²) in [7, 11) is 1.36. The van der Waals surface area contributed by atoms with Crippen LogP contribution in [-0.2, 0) is 4.79 Å². The Morgan fingerprint density at radius 3 is 2.79 bits per heavy atom. The van der Waals surface area contributed by atoms with E-state index in [0.29, 0.717) is 12.1 Å². The standard InChI is InChI=1S/C12H15BrN2O4/c1-19-11-6-5-9(8-10(11)15(17)18)14-12(16)4-2-3-7-13/h5-6,8H,2-4,7H2,1H3,(H,14,16). The number of benzene rings is 1. The van der Waals surface area contributed by atoms with Gasteiger partial charge in [0.1, 0.15) is 0 Å². The number of methoxy groups -OCH3 is 1. The van der Waals surface area contributed by atoms with E-state index in [2.05, 4.69) is 21.2 Å². The first kappa shape index (κ1) is 15.4. The average molecular weight is 331 g/mol. The molecular weight excluding hydrogens is 316 g/mol. The minimum Gasteiger partial charge on any atom is -0.490 e. The quantitative estimate of drug-likeness (QED) is 0.360. The van der Waals surface area contributed by atoms with Crippen molar-refractivity contribution in [3.8, 4) is 5.75 Å². The van der Waals surface area contributed by atoms with Crippen molar-refractivity contribution >= 4 is 33.2 Å². The summed E-state index contributed by atoms with van der Waals surface area (Å²) >= 11 is 3.29. The number of unbranched alkanes of at least 4 members (excludes halogenated alkanes) is 1. The van der Waals surface area contributed by atoms with E-state index in [-0.39, 0.29) is 17.3 Å². The number of anilines is 1. The summed E-state index contributed by atoms with van der Waals surface area (Å²) in [5, 5.41) is 14.3. The highest BCUT2D eigenvalue weighted by molar-refractivity contribution is 9.09. The second kappa shape index (κ2) is 7.73. The highest BCUT2D eigenvalue weighted by Crippen LogP contribution is 2.29. The summed E-state index contributed by atoms with van der Waals surface area (Å²) in [6.45, 7) is 0. The number of ether oxygens (including phenoxy) is 1. The molecular formula is C12H15BrN2O4. The topological polar surface area (TPSA) is 81.5 Å². The lowest BCUT2D eigenvalue weighted by atomic mass is 10.2. The van der Waals surface area contributed by atoms with Gasteiger partial charge in [-0.3, -0.25) is 14.9 Å². The Bertz CT molecular complexity index is 465. The van der Waals surface area contributed by atoms with Crippen LogP contribution in [0.5, 0.6) is 5.75 Å². The number of nitrogens with zero attached hydrogens (tertiary/aromatic N) is 1. The molecule has 0 radical (unpaired) electrons. The number of halogens is 1. The summed E-state index contributed by atoms with van der Waals surface area (Å²) in [6.07, 6.45) is 2.08. The van der Waals surface area contributed by atoms with Crippen LogP contribution in [0.3, 0.4) is 0 Å². The Kier molecular flexibility index (Phi) is 6.27.